The molecule has 2 aromatic carbocycles. The fourth-order valence-electron chi connectivity index (χ4n) is 3.37. The van der Waals surface area contributed by atoms with Gasteiger partial charge >= 0.3 is 0 Å². The molecule has 1 saturated heterocycles. The molecule has 1 aliphatic heterocycles. The number of nitrogens with zero attached hydrogens (tertiary/aromatic N) is 3. The molecule has 0 radical (unpaired) electrons. The van der Waals surface area contributed by atoms with Crippen LogP contribution in [0.25, 0.3) is 0 Å². The average Bonchev–Trinajstić information content (AvgIpc) is 2.70. The second-order valence-electron chi connectivity index (χ2n) is 7.41. The van der Waals surface area contributed by atoms with Gasteiger partial charge in [-0.2, -0.15) is 0 Å². The van der Waals surface area contributed by atoms with E-state index in [-0.39, 0.29) is 24.9 Å². The van der Waals surface area contributed by atoms with Crippen LogP contribution in [0.3, 0.4) is 0 Å². The van der Waals surface area contributed by atoms with Crippen molar-refractivity contribution in [1.82, 2.24) is 9.80 Å². The van der Waals surface area contributed by atoms with Crippen molar-refractivity contribution in [3.8, 4) is 0 Å². The normalized spacial score (nSPS) is 14.2. The van der Waals surface area contributed by atoms with E-state index in [1.807, 2.05) is 60.4 Å². The minimum atomic E-state index is -0.132. The number of piperazine rings is 1. The number of carbonyl (C=O) groups is 2. The molecule has 1 N–H and O–H groups in total. The zero-order chi connectivity index (χ0) is 20.8. The summed E-state index contributed by atoms with van der Waals surface area (Å²) in [6.45, 7) is 5.16. The Kier molecular flexibility index (Phi) is 7.12. The highest BCUT2D eigenvalue weighted by atomic mass is 35.5. The lowest BCUT2D eigenvalue weighted by atomic mass is 10.2. The molecule has 3 rings (SSSR count). The number of rotatable bonds is 6. The number of likely N-dealkylation sites (N-methyl/N-ethyl adjacent to an activating group) is 1. The van der Waals surface area contributed by atoms with Gasteiger partial charge in [0, 0.05) is 31.9 Å². The van der Waals surface area contributed by atoms with Crippen LogP contribution in [0.4, 0.5) is 11.4 Å². The first-order valence-corrected chi connectivity index (χ1v) is 10.1. The zero-order valence-electron chi connectivity index (χ0n) is 16.9. The Bertz CT molecular complexity index is 848. The van der Waals surface area contributed by atoms with E-state index in [2.05, 4.69) is 10.2 Å². The predicted octanol–water partition coefficient (Wildman–Crippen LogP) is 2.87. The Morgan fingerprint density at radius 2 is 1.66 bits per heavy atom. The summed E-state index contributed by atoms with van der Waals surface area (Å²) in [5, 5.41) is 3.59. The molecule has 7 heteroatoms. The Labute approximate surface area is 177 Å². The van der Waals surface area contributed by atoms with Crippen molar-refractivity contribution in [2.75, 3.05) is 56.5 Å². The number of amides is 2. The summed E-state index contributed by atoms with van der Waals surface area (Å²) >= 11 is 6.27. The summed E-state index contributed by atoms with van der Waals surface area (Å²) in [6.07, 6.45) is 0. The SMILES string of the molecule is Cc1ccc(NC(=O)CN(C)CC(=O)N2CCN(c3ccccc3Cl)CC2)cc1. The first kappa shape index (κ1) is 21.1. The van der Waals surface area contributed by atoms with Crippen molar-refractivity contribution in [2.45, 2.75) is 6.92 Å². The molecule has 0 unspecified atom stereocenters. The molecule has 2 aromatic rings. The van der Waals surface area contributed by atoms with Gasteiger partial charge in [0.15, 0.2) is 0 Å². The molecule has 154 valence electrons. The van der Waals surface area contributed by atoms with E-state index in [9.17, 15) is 9.59 Å². The van der Waals surface area contributed by atoms with Gasteiger partial charge in [-0.15, -0.1) is 0 Å². The van der Waals surface area contributed by atoms with Crippen molar-refractivity contribution < 1.29 is 9.59 Å². The number of hydrogen-bond donors (Lipinski definition) is 1. The van der Waals surface area contributed by atoms with Gasteiger partial charge in [-0.3, -0.25) is 14.5 Å². The van der Waals surface area contributed by atoms with Crippen molar-refractivity contribution in [3.05, 3.63) is 59.1 Å². The van der Waals surface area contributed by atoms with Crippen molar-refractivity contribution in [3.63, 3.8) is 0 Å². The van der Waals surface area contributed by atoms with Gasteiger partial charge < -0.3 is 15.1 Å². The largest absolute Gasteiger partial charge is 0.367 e. The van der Waals surface area contributed by atoms with E-state index in [4.69, 9.17) is 11.6 Å². The zero-order valence-corrected chi connectivity index (χ0v) is 17.7. The van der Waals surface area contributed by atoms with E-state index >= 15 is 0 Å². The highest BCUT2D eigenvalue weighted by Gasteiger charge is 2.23. The van der Waals surface area contributed by atoms with E-state index in [1.165, 1.54) is 0 Å². The highest BCUT2D eigenvalue weighted by Crippen LogP contribution is 2.26. The fourth-order valence-corrected chi connectivity index (χ4v) is 3.63. The van der Waals surface area contributed by atoms with Crippen molar-refractivity contribution in [1.29, 1.82) is 0 Å². The molecule has 29 heavy (non-hydrogen) atoms. The molecule has 1 fully saturated rings. The van der Waals surface area contributed by atoms with Crippen LogP contribution >= 0.6 is 11.6 Å². The van der Waals surface area contributed by atoms with E-state index in [0.717, 1.165) is 35.1 Å². The number of anilines is 2. The quantitative estimate of drug-likeness (QED) is 0.789. The van der Waals surface area contributed by atoms with Gasteiger partial charge in [-0.1, -0.05) is 41.4 Å². The molecule has 0 aliphatic carbocycles. The highest BCUT2D eigenvalue weighted by molar-refractivity contribution is 6.33. The Morgan fingerprint density at radius 1 is 1.00 bits per heavy atom. The monoisotopic (exact) mass is 414 g/mol. The van der Waals surface area contributed by atoms with Crippen LogP contribution < -0.4 is 10.2 Å². The molecule has 1 aliphatic rings. The lowest BCUT2D eigenvalue weighted by Crippen LogP contribution is -2.51. The minimum Gasteiger partial charge on any atom is -0.367 e. The molecule has 0 bridgehead atoms. The van der Waals surface area contributed by atoms with Gasteiger partial charge in [-0.25, -0.2) is 0 Å². The van der Waals surface area contributed by atoms with E-state index in [1.54, 1.807) is 11.9 Å². The topological polar surface area (TPSA) is 55.9 Å². The van der Waals surface area contributed by atoms with E-state index < -0.39 is 0 Å². The van der Waals surface area contributed by atoms with Crippen LogP contribution in [0, 0.1) is 6.92 Å². The maximum atomic E-state index is 12.6. The maximum Gasteiger partial charge on any atom is 0.238 e. The van der Waals surface area contributed by atoms with Crippen LogP contribution in [0.15, 0.2) is 48.5 Å². The number of aryl methyl sites for hydroxylation is 1. The number of benzene rings is 2. The van der Waals surface area contributed by atoms with Crippen molar-refractivity contribution in [2.24, 2.45) is 0 Å². The summed E-state index contributed by atoms with van der Waals surface area (Å²) in [7, 11) is 1.78. The molecule has 0 saturated carbocycles. The third kappa shape index (κ3) is 5.95. The lowest BCUT2D eigenvalue weighted by Gasteiger charge is -2.37. The molecule has 1 heterocycles. The number of carbonyl (C=O) groups excluding carboxylic acids is 2. The fraction of sp³-hybridized carbons (Fsp3) is 0.364. The van der Waals surface area contributed by atoms with Gasteiger partial charge in [0.05, 0.1) is 23.8 Å². The van der Waals surface area contributed by atoms with Crippen LogP contribution in [-0.4, -0.2) is 67.9 Å². The Balaban J connectivity index is 1.43. The summed E-state index contributed by atoms with van der Waals surface area (Å²) < 4.78 is 0. The second-order valence-corrected chi connectivity index (χ2v) is 7.81. The smallest absolute Gasteiger partial charge is 0.238 e. The average molecular weight is 415 g/mol. The summed E-state index contributed by atoms with van der Waals surface area (Å²) in [5.41, 5.74) is 2.91. The van der Waals surface area contributed by atoms with Crippen LogP contribution in [0.5, 0.6) is 0 Å². The van der Waals surface area contributed by atoms with Gasteiger partial charge in [0.1, 0.15) is 0 Å². The lowest BCUT2D eigenvalue weighted by molar-refractivity contribution is -0.132. The number of nitrogens with one attached hydrogen (secondary N) is 1. The van der Waals surface area contributed by atoms with Crippen LogP contribution in [0.1, 0.15) is 5.56 Å². The molecule has 6 nitrogen and oxygen atoms in total. The molecular formula is C22H27ClN4O2. The summed E-state index contributed by atoms with van der Waals surface area (Å²) in [6, 6.07) is 15.4. The summed E-state index contributed by atoms with van der Waals surface area (Å²) in [5.74, 6) is -0.0952. The predicted molar refractivity (Wildman–Crippen MR) is 118 cm³/mol. The van der Waals surface area contributed by atoms with Gasteiger partial charge in [0.25, 0.3) is 0 Å². The third-order valence-electron chi connectivity index (χ3n) is 4.98. The standard InChI is InChI=1S/C22H27ClN4O2/c1-17-7-9-18(10-8-17)24-21(28)15-25(2)16-22(29)27-13-11-26(12-14-27)20-6-4-3-5-19(20)23/h3-10H,11-16H2,1-2H3,(H,24,28). The number of para-hydroxylation sites is 1. The minimum absolute atomic E-state index is 0.0365. The molecular weight excluding hydrogens is 388 g/mol. The first-order chi connectivity index (χ1) is 13.9. The Hall–Kier alpha value is -2.57. The summed E-state index contributed by atoms with van der Waals surface area (Å²) in [4.78, 5) is 30.6. The van der Waals surface area contributed by atoms with Gasteiger partial charge in [0.2, 0.25) is 11.8 Å². The number of halogens is 1. The maximum absolute atomic E-state index is 12.6. The van der Waals surface area contributed by atoms with Crippen LogP contribution in [-0.2, 0) is 9.59 Å². The first-order valence-electron chi connectivity index (χ1n) is 9.74. The molecule has 0 spiro atoms. The third-order valence-corrected chi connectivity index (χ3v) is 5.30. The number of hydrogen-bond acceptors (Lipinski definition) is 4. The van der Waals surface area contributed by atoms with Gasteiger partial charge in [-0.05, 0) is 38.2 Å². The molecule has 2 amide bonds. The van der Waals surface area contributed by atoms with E-state index in [0.29, 0.717) is 13.1 Å². The molecule has 0 aromatic heterocycles. The van der Waals surface area contributed by atoms with Crippen molar-refractivity contribution >= 4 is 34.8 Å². The Morgan fingerprint density at radius 3 is 2.31 bits per heavy atom. The van der Waals surface area contributed by atoms with Crippen LogP contribution in [0.2, 0.25) is 5.02 Å². The second kappa shape index (κ2) is 9.76. The molecule has 0 atom stereocenters.